The van der Waals surface area contributed by atoms with Gasteiger partial charge in [-0.3, -0.25) is 0 Å². The number of nitrogens with zero attached hydrogens (tertiary/aromatic N) is 1. The van der Waals surface area contributed by atoms with Gasteiger partial charge in [-0.25, -0.2) is 13.6 Å². The number of nitrogens with two attached hydrogens (primary N) is 2. The maximum Gasteiger partial charge on any atom is 0.238 e. The lowest BCUT2D eigenvalue weighted by atomic mass is 9.97. The van der Waals surface area contributed by atoms with E-state index in [1.54, 1.807) is 14.0 Å². The third-order valence-corrected chi connectivity index (χ3v) is 5.06. The van der Waals surface area contributed by atoms with Crippen LogP contribution in [0.2, 0.25) is 0 Å². The summed E-state index contributed by atoms with van der Waals surface area (Å²) in [6.07, 6.45) is 2.04. The quantitative estimate of drug-likeness (QED) is 0.811. The summed E-state index contributed by atoms with van der Waals surface area (Å²) >= 11 is 0. The van der Waals surface area contributed by atoms with E-state index in [0.717, 1.165) is 38.2 Å². The zero-order valence-corrected chi connectivity index (χ0v) is 13.3. The third-order valence-electron chi connectivity index (χ3n) is 4.02. The second-order valence-corrected chi connectivity index (χ2v) is 7.12. The molecule has 1 heterocycles. The Bertz CT molecular complexity index is 608. The molecule has 1 fully saturated rings. The van der Waals surface area contributed by atoms with Gasteiger partial charge in [0.05, 0.1) is 4.90 Å². The van der Waals surface area contributed by atoms with Crippen LogP contribution in [-0.4, -0.2) is 35.2 Å². The number of methoxy groups -OCH3 is 1. The number of rotatable bonds is 4. The van der Waals surface area contributed by atoms with Gasteiger partial charge in [0, 0.05) is 38.2 Å². The Kier molecular flexibility index (Phi) is 4.75. The molecule has 0 unspecified atom stereocenters. The molecule has 21 heavy (non-hydrogen) atoms. The van der Waals surface area contributed by atoms with Gasteiger partial charge in [-0.05, 0) is 43.4 Å². The number of ether oxygens (including phenoxy) is 1. The van der Waals surface area contributed by atoms with Crippen molar-refractivity contribution in [3.05, 3.63) is 17.7 Å². The van der Waals surface area contributed by atoms with Crippen molar-refractivity contribution in [2.75, 3.05) is 37.4 Å². The smallest absolute Gasteiger partial charge is 0.238 e. The van der Waals surface area contributed by atoms with E-state index in [1.165, 1.54) is 6.07 Å². The Labute approximate surface area is 126 Å². The number of nitrogen functional groups attached to an aromatic ring is 1. The standard InChI is InChI=1S/C14H23N3O3S/c1-10-13(7-12(15)8-14(10)21(16,18)19)17-5-3-11(4-6-17)9-20-2/h7-8,11H,3-6,9,15H2,1-2H3,(H2,16,18,19). The zero-order valence-electron chi connectivity index (χ0n) is 12.5. The van der Waals surface area contributed by atoms with E-state index in [0.29, 0.717) is 17.2 Å². The summed E-state index contributed by atoms with van der Waals surface area (Å²) < 4.78 is 28.5. The lowest BCUT2D eigenvalue weighted by molar-refractivity contribution is 0.139. The fraction of sp³-hybridized carbons (Fsp3) is 0.571. The number of hydrogen-bond acceptors (Lipinski definition) is 5. The van der Waals surface area contributed by atoms with E-state index in [2.05, 4.69) is 4.90 Å². The van der Waals surface area contributed by atoms with Gasteiger partial charge < -0.3 is 15.4 Å². The summed E-state index contributed by atoms with van der Waals surface area (Å²) in [6, 6.07) is 3.24. The molecule has 1 aliphatic heterocycles. The number of anilines is 2. The average molecular weight is 313 g/mol. The van der Waals surface area contributed by atoms with Crippen molar-refractivity contribution in [3.63, 3.8) is 0 Å². The molecule has 0 bridgehead atoms. The SMILES string of the molecule is COCC1CCN(c2cc(N)cc(S(N)(=O)=O)c2C)CC1. The highest BCUT2D eigenvalue weighted by molar-refractivity contribution is 7.89. The number of sulfonamides is 1. The van der Waals surface area contributed by atoms with Crippen molar-refractivity contribution in [1.82, 2.24) is 0 Å². The Balaban J connectivity index is 2.27. The van der Waals surface area contributed by atoms with E-state index >= 15 is 0 Å². The summed E-state index contributed by atoms with van der Waals surface area (Å²) in [5.74, 6) is 0.560. The Morgan fingerprint density at radius 3 is 2.48 bits per heavy atom. The van der Waals surface area contributed by atoms with Crippen LogP contribution in [0.15, 0.2) is 17.0 Å². The summed E-state index contributed by atoms with van der Waals surface area (Å²) in [7, 11) is -2.05. The minimum absolute atomic E-state index is 0.108. The molecule has 2 rings (SSSR count). The largest absolute Gasteiger partial charge is 0.399 e. The molecular formula is C14H23N3O3S. The van der Waals surface area contributed by atoms with Crippen LogP contribution in [0.3, 0.4) is 0 Å². The number of piperidine rings is 1. The van der Waals surface area contributed by atoms with Gasteiger partial charge in [0.15, 0.2) is 0 Å². The van der Waals surface area contributed by atoms with Crippen LogP contribution < -0.4 is 15.8 Å². The zero-order chi connectivity index (χ0) is 15.6. The van der Waals surface area contributed by atoms with Crippen LogP contribution in [0.25, 0.3) is 0 Å². The topological polar surface area (TPSA) is 98.7 Å². The average Bonchev–Trinajstić information content (AvgIpc) is 2.41. The highest BCUT2D eigenvalue weighted by atomic mass is 32.2. The molecule has 0 saturated carbocycles. The van der Waals surface area contributed by atoms with Gasteiger partial charge in [0.1, 0.15) is 0 Å². The van der Waals surface area contributed by atoms with E-state index in [4.69, 9.17) is 15.6 Å². The van der Waals surface area contributed by atoms with E-state index < -0.39 is 10.0 Å². The minimum Gasteiger partial charge on any atom is -0.399 e. The first kappa shape index (κ1) is 16.1. The van der Waals surface area contributed by atoms with Crippen LogP contribution in [0.4, 0.5) is 11.4 Å². The Hall–Kier alpha value is -1.31. The number of hydrogen-bond donors (Lipinski definition) is 2. The molecular weight excluding hydrogens is 290 g/mol. The molecule has 7 heteroatoms. The van der Waals surface area contributed by atoms with Crippen LogP contribution in [-0.2, 0) is 14.8 Å². The molecule has 1 saturated heterocycles. The lowest BCUT2D eigenvalue weighted by Gasteiger charge is -2.34. The van der Waals surface area contributed by atoms with Crippen molar-refractivity contribution >= 4 is 21.4 Å². The third kappa shape index (κ3) is 3.66. The van der Waals surface area contributed by atoms with E-state index in [1.807, 2.05) is 6.07 Å². The molecule has 0 spiro atoms. The number of benzene rings is 1. The van der Waals surface area contributed by atoms with Gasteiger partial charge in [-0.2, -0.15) is 0 Å². The van der Waals surface area contributed by atoms with Crippen molar-refractivity contribution in [2.45, 2.75) is 24.7 Å². The molecule has 0 aliphatic carbocycles. The highest BCUT2D eigenvalue weighted by Gasteiger charge is 2.23. The van der Waals surface area contributed by atoms with Crippen molar-refractivity contribution in [2.24, 2.45) is 11.1 Å². The second kappa shape index (κ2) is 6.21. The predicted octanol–water partition coefficient (Wildman–Crippen LogP) is 1.09. The molecule has 0 radical (unpaired) electrons. The summed E-state index contributed by atoms with van der Waals surface area (Å²) in [5.41, 5.74) is 7.78. The molecule has 1 aromatic rings. The van der Waals surface area contributed by atoms with Gasteiger partial charge in [0.2, 0.25) is 10.0 Å². The predicted molar refractivity (Wildman–Crippen MR) is 83.8 cm³/mol. The highest BCUT2D eigenvalue weighted by Crippen LogP contribution is 2.31. The molecule has 6 nitrogen and oxygen atoms in total. The van der Waals surface area contributed by atoms with Gasteiger partial charge >= 0.3 is 0 Å². The van der Waals surface area contributed by atoms with Crippen LogP contribution in [0, 0.1) is 12.8 Å². The monoisotopic (exact) mass is 313 g/mol. The van der Waals surface area contributed by atoms with E-state index in [9.17, 15) is 8.42 Å². The molecule has 0 aromatic heterocycles. The van der Waals surface area contributed by atoms with Crippen molar-refractivity contribution in [3.8, 4) is 0 Å². The molecule has 0 atom stereocenters. The Morgan fingerprint density at radius 2 is 1.95 bits per heavy atom. The molecule has 118 valence electrons. The fourth-order valence-corrected chi connectivity index (χ4v) is 3.73. The minimum atomic E-state index is -3.76. The molecule has 1 aliphatic rings. The second-order valence-electron chi connectivity index (χ2n) is 5.59. The van der Waals surface area contributed by atoms with Crippen molar-refractivity contribution < 1.29 is 13.2 Å². The van der Waals surface area contributed by atoms with Crippen LogP contribution >= 0.6 is 0 Å². The maximum absolute atomic E-state index is 11.7. The normalized spacial score (nSPS) is 17.2. The fourth-order valence-electron chi connectivity index (χ4n) is 2.89. The summed E-state index contributed by atoms with van der Waals surface area (Å²) in [4.78, 5) is 2.28. The number of primary sulfonamides is 1. The molecule has 1 aromatic carbocycles. The molecule has 4 N–H and O–H groups in total. The summed E-state index contributed by atoms with van der Waals surface area (Å²) in [6.45, 7) is 4.27. The van der Waals surface area contributed by atoms with Gasteiger partial charge in [-0.15, -0.1) is 0 Å². The van der Waals surface area contributed by atoms with Gasteiger partial charge in [0.25, 0.3) is 0 Å². The first-order valence-electron chi connectivity index (χ1n) is 6.99. The first-order valence-corrected chi connectivity index (χ1v) is 8.54. The van der Waals surface area contributed by atoms with Crippen LogP contribution in [0.5, 0.6) is 0 Å². The molecule has 0 amide bonds. The van der Waals surface area contributed by atoms with Crippen LogP contribution in [0.1, 0.15) is 18.4 Å². The van der Waals surface area contributed by atoms with E-state index in [-0.39, 0.29) is 4.90 Å². The Morgan fingerprint density at radius 1 is 1.33 bits per heavy atom. The first-order chi connectivity index (χ1) is 9.82. The van der Waals surface area contributed by atoms with Gasteiger partial charge in [-0.1, -0.05) is 0 Å². The lowest BCUT2D eigenvalue weighted by Crippen LogP contribution is -2.35. The van der Waals surface area contributed by atoms with Crippen molar-refractivity contribution in [1.29, 1.82) is 0 Å². The maximum atomic E-state index is 11.7. The summed E-state index contributed by atoms with van der Waals surface area (Å²) in [5, 5.41) is 5.27.